The minimum Gasteiger partial charge on any atom is -0.325 e. The average Bonchev–Trinajstić information content (AvgIpc) is 3.29. The predicted octanol–water partition coefficient (Wildman–Crippen LogP) is 5.23. The van der Waals surface area contributed by atoms with E-state index < -0.39 is 5.41 Å². The number of hydrogen-bond acceptors (Lipinski definition) is 2. The molecule has 0 aromatic heterocycles. The lowest BCUT2D eigenvalue weighted by molar-refractivity contribution is -0.119. The van der Waals surface area contributed by atoms with Crippen LogP contribution >= 0.6 is 0 Å². The highest BCUT2D eigenvalue weighted by molar-refractivity contribution is 6.01. The van der Waals surface area contributed by atoms with Crippen molar-refractivity contribution in [2.75, 3.05) is 18.4 Å². The number of benzene rings is 3. The van der Waals surface area contributed by atoms with Gasteiger partial charge in [0.05, 0.1) is 5.41 Å². The smallest absolute Gasteiger partial charge is 0.239 e. The van der Waals surface area contributed by atoms with Crippen molar-refractivity contribution in [3.8, 4) is 0 Å². The Kier molecular flexibility index (Phi) is 5.77. The Morgan fingerprint density at radius 1 is 0.828 bits per heavy atom. The first kappa shape index (κ1) is 19.4. The van der Waals surface area contributed by atoms with Gasteiger partial charge in [-0.15, -0.1) is 0 Å². The summed E-state index contributed by atoms with van der Waals surface area (Å²) in [5.41, 5.74) is 3.32. The molecule has 4 rings (SSSR count). The van der Waals surface area contributed by atoms with Gasteiger partial charge in [-0.05, 0) is 61.7 Å². The summed E-state index contributed by atoms with van der Waals surface area (Å²) < 4.78 is 0. The fourth-order valence-corrected chi connectivity index (χ4v) is 4.12. The van der Waals surface area contributed by atoms with Crippen LogP contribution in [0.15, 0.2) is 84.9 Å². The largest absolute Gasteiger partial charge is 0.325 e. The third-order valence-electron chi connectivity index (χ3n) is 5.97. The summed E-state index contributed by atoms with van der Waals surface area (Å²) in [4.78, 5) is 16.0. The van der Waals surface area contributed by atoms with E-state index >= 15 is 0 Å². The summed E-state index contributed by atoms with van der Waals surface area (Å²) in [5, 5.41) is 3.15. The molecule has 1 saturated heterocycles. The quantitative estimate of drug-likeness (QED) is 0.631. The van der Waals surface area contributed by atoms with Crippen molar-refractivity contribution in [2.24, 2.45) is 0 Å². The van der Waals surface area contributed by atoms with Crippen molar-refractivity contribution in [1.29, 1.82) is 0 Å². The second-order valence-electron chi connectivity index (χ2n) is 7.99. The Morgan fingerprint density at radius 2 is 1.34 bits per heavy atom. The van der Waals surface area contributed by atoms with Crippen LogP contribution in [-0.2, 0) is 16.8 Å². The Hall–Kier alpha value is -2.91. The van der Waals surface area contributed by atoms with Crippen molar-refractivity contribution in [2.45, 2.75) is 31.7 Å². The molecule has 1 heterocycles. The first-order valence-electron chi connectivity index (χ1n) is 10.4. The van der Waals surface area contributed by atoms with Gasteiger partial charge in [0.25, 0.3) is 0 Å². The lowest BCUT2D eigenvalue weighted by Gasteiger charge is -2.29. The van der Waals surface area contributed by atoms with Gasteiger partial charge in [-0.1, -0.05) is 72.8 Å². The van der Waals surface area contributed by atoms with E-state index in [9.17, 15) is 4.79 Å². The maximum absolute atomic E-state index is 13.5. The lowest BCUT2D eigenvalue weighted by Crippen LogP contribution is -2.38. The Bertz CT molecular complexity index is 890. The van der Waals surface area contributed by atoms with Crippen LogP contribution in [0.25, 0.3) is 0 Å². The second kappa shape index (κ2) is 8.62. The number of nitrogens with one attached hydrogen (secondary N) is 1. The third-order valence-corrected chi connectivity index (χ3v) is 5.97. The van der Waals surface area contributed by atoms with Crippen LogP contribution in [0.5, 0.6) is 0 Å². The van der Waals surface area contributed by atoms with Gasteiger partial charge in [0.1, 0.15) is 0 Å². The van der Waals surface area contributed by atoms with E-state index in [0.29, 0.717) is 0 Å². The molecule has 1 aliphatic heterocycles. The topological polar surface area (TPSA) is 32.3 Å². The summed E-state index contributed by atoms with van der Waals surface area (Å²) in [5.74, 6) is -0.0257. The molecule has 3 aromatic carbocycles. The standard InChI is InChI=1S/C26H28N2O/c1-26(22-10-4-2-5-11-22,23-12-6-3-7-13-23)25(29)27-24-16-14-21(15-17-24)20-28-18-8-9-19-28/h2-7,10-17H,8-9,18-20H2,1H3,(H,27,29). The van der Waals surface area contributed by atoms with Crippen LogP contribution in [0.1, 0.15) is 36.5 Å². The molecule has 0 unspecified atom stereocenters. The van der Waals surface area contributed by atoms with E-state index in [2.05, 4.69) is 22.3 Å². The maximum Gasteiger partial charge on any atom is 0.239 e. The molecule has 0 bridgehead atoms. The molecule has 1 amide bonds. The number of likely N-dealkylation sites (tertiary alicyclic amines) is 1. The number of carbonyl (C=O) groups is 1. The fraction of sp³-hybridized carbons (Fsp3) is 0.269. The Balaban J connectivity index is 1.55. The van der Waals surface area contributed by atoms with Crippen LogP contribution in [-0.4, -0.2) is 23.9 Å². The van der Waals surface area contributed by atoms with Crippen LogP contribution in [0.2, 0.25) is 0 Å². The average molecular weight is 385 g/mol. The number of anilines is 1. The van der Waals surface area contributed by atoms with Gasteiger partial charge in [0.15, 0.2) is 0 Å². The van der Waals surface area contributed by atoms with Crippen LogP contribution in [0.3, 0.4) is 0 Å². The van der Waals surface area contributed by atoms with Gasteiger partial charge >= 0.3 is 0 Å². The van der Waals surface area contributed by atoms with Gasteiger partial charge in [0, 0.05) is 12.2 Å². The number of carbonyl (C=O) groups excluding carboxylic acids is 1. The molecule has 3 nitrogen and oxygen atoms in total. The molecule has 29 heavy (non-hydrogen) atoms. The van der Waals surface area contributed by atoms with Crippen LogP contribution in [0, 0.1) is 0 Å². The summed E-state index contributed by atoms with van der Waals surface area (Å²) in [6, 6.07) is 28.2. The summed E-state index contributed by atoms with van der Waals surface area (Å²) in [7, 11) is 0. The van der Waals surface area contributed by atoms with Crippen molar-refractivity contribution in [1.82, 2.24) is 4.90 Å². The van der Waals surface area contributed by atoms with Crippen molar-refractivity contribution < 1.29 is 4.79 Å². The molecule has 148 valence electrons. The highest BCUT2D eigenvalue weighted by Gasteiger charge is 2.37. The SMILES string of the molecule is CC(C(=O)Nc1ccc(CN2CCCC2)cc1)(c1ccccc1)c1ccccc1. The molecule has 0 atom stereocenters. The molecule has 0 aliphatic carbocycles. The van der Waals surface area contributed by atoms with Crippen molar-refractivity contribution in [3.05, 3.63) is 102 Å². The third kappa shape index (κ3) is 4.25. The monoisotopic (exact) mass is 384 g/mol. The predicted molar refractivity (Wildman–Crippen MR) is 119 cm³/mol. The van der Waals surface area contributed by atoms with E-state index in [1.165, 1.54) is 31.5 Å². The van der Waals surface area contributed by atoms with E-state index in [1.807, 2.05) is 79.7 Å². The van der Waals surface area contributed by atoms with Crippen LogP contribution in [0.4, 0.5) is 5.69 Å². The van der Waals surface area contributed by atoms with E-state index in [1.54, 1.807) is 0 Å². The zero-order chi connectivity index (χ0) is 20.1. The lowest BCUT2D eigenvalue weighted by atomic mass is 9.75. The van der Waals surface area contributed by atoms with E-state index in [0.717, 1.165) is 23.4 Å². The zero-order valence-corrected chi connectivity index (χ0v) is 17.0. The Labute approximate surface area is 173 Å². The molecule has 0 spiro atoms. The highest BCUT2D eigenvalue weighted by Crippen LogP contribution is 2.33. The minimum absolute atomic E-state index is 0.0257. The van der Waals surface area contributed by atoms with Gasteiger partial charge in [0.2, 0.25) is 5.91 Å². The zero-order valence-electron chi connectivity index (χ0n) is 17.0. The van der Waals surface area contributed by atoms with Crippen molar-refractivity contribution in [3.63, 3.8) is 0 Å². The Morgan fingerprint density at radius 3 is 1.86 bits per heavy atom. The van der Waals surface area contributed by atoms with Gasteiger partial charge in [-0.2, -0.15) is 0 Å². The first-order valence-corrected chi connectivity index (χ1v) is 10.4. The number of rotatable bonds is 6. The van der Waals surface area contributed by atoms with E-state index in [4.69, 9.17) is 0 Å². The maximum atomic E-state index is 13.5. The summed E-state index contributed by atoms with van der Waals surface area (Å²) in [6.07, 6.45) is 2.59. The van der Waals surface area contributed by atoms with Gasteiger partial charge in [-0.25, -0.2) is 0 Å². The highest BCUT2D eigenvalue weighted by atomic mass is 16.2. The molecule has 3 heteroatoms. The first-order chi connectivity index (χ1) is 14.2. The normalized spacial score (nSPS) is 14.7. The summed E-state index contributed by atoms with van der Waals surface area (Å²) >= 11 is 0. The number of amides is 1. The van der Waals surface area contributed by atoms with Gasteiger partial charge in [-0.3, -0.25) is 9.69 Å². The van der Waals surface area contributed by atoms with Crippen molar-refractivity contribution >= 4 is 11.6 Å². The molecule has 1 aliphatic rings. The fourth-order valence-electron chi connectivity index (χ4n) is 4.12. The molecule has 3 aromatic rings. The van der Waals surface area contributed by atoms with Gasteiger partial charge < -0.3 is 5.32 Å². The van der Waals surface area contributed by atoms with E-state index in [-0.39, 0.29) is 5.91 Å². The molecular formula is C26H28N2O. The molecule has 1 N–H and O–H groups in total. The second-order valence-corrected chi connectivity index (χ2v) is 7.99. The molecule has 0 saturated carbocycles. The molecule has 1 fully saturated rings. The summed E-state index contributed by atoms with van der Waals surface area (Å²) in [6.45, 7) is 5.35. The minimum atomic E-state index is -0.767. The van der Waals surface area contributed by atoms with Crippen LogP contribution < -0.4 is 5.32 Å². The molecular weight excluding hydrogens is 356 g/mol. The molecule has 0 radical (unpaired) electrons. The number of hydrogen-bond donors (Lipinski definition) is 1. The number of nitrogens with zero attached hydrogens (tertiary/aromatic N) is 1.